The summed E-state index contributed by atoms with van der Waals surface area (Å²) < 4.78 is 13.3. The number of anilines is 1. The maximum absolute atomic E-state index is 12.3. The summed E-state index contributed by atoms with van der Waals surface area (Å²) in [5.74, 6) is 1.10. The highest BCUT2D eigenvalue weighted by Crippen LogP contribution is 2.18. The van der Waals surface area contributed by atoms with Crippen LogP contribution in [0.3, 0.4) is 0 Å². The SMILES string of the molecule is COc1cccc(NC(=O)c2ccn(COc3ccc(Br)cc3)n2)c1. The number of hydrogen-bond acceptors (Lipinski definition) is 4. The first-order valence-corrected chi connectivity index (χ1v) is 8.30. The predicted octanol–water partition coefficient (Wildman–Crippen LogP) is 3.94. The van der Waals surface area contributed by atoms with Gasteiger partial charge in [0.1, 0.15) is 11.5 Å². The molecule has 0 aliphatic carbocycles. The highest BCUT2D eigenvalue weighted by atomic mass is 79.9. The molecule has 25 heavy (non-hydrogen) atoms. The standard InChI is InChI=1S/C18H16BrN3O3/c1-24-16-4-2-3-14(11-16)20-18(23)17-9-10-22(21-17)12-25-15-7-5-13(19)6-8-15/h2-11H,12H2,1H3,(H,20,23). The number of amides is 1. The molecule has 0 aliphatic rings. The van der Waals surface area contributed by atoms with E-state index in [2.05, 4.69) is 26.3 Å². The number of ether oxygens (including phenoxy) is 2. The number of rotatable bonds is 6. The van der Waals surface area contributed by atoms with Gasteiger partial charge >= 0.3 is 0 Å². The summed E-state index contributed by atoms with van der Waals surface area (Å²) >= 11 is 3.37. The molecule has 3 rings (SSSR count). The van der Waals surface area contributed by atoms with E-state index >= 15 is 0 Å². The van der Waals surface area contributed by atoms with Crippen LogP contribution >= 0.6 is 15.9 Å². The predicted molar refractivity (Wildman–Crippen MR) is 97.9 cm³/mol. The molecule has 2 aromatic carbocycles. The van der Waals surface area contributed by atoms with Crippen molar-refractivity contribution in [3.05, 3.63) is 71.0 Å². The lowest BCUT2D eigenvalue weighted by molar-refractivity contribution is 0.102. The summed E-state index contributed by atoms with van der Waals surface area (Å²) in [7, 11) is 1.58. The summed E-state index contributed by atoms with van der Waals surface area (Å²) in [6.45, 7) is 0.216. The zero-order chi connectivity index (χ0) is 17.6. The highest BCUT2D eigenvalue weighted by Gasteiger charge is 2.10. The van der Waals surface area contributed by atoms with Gasteiger partial charge in [-0.25, -0.2) is 4.68 Å². The van der Waals surface area contributed by atoms with Crippen molar-refractivity contribution in [2.24, 2.45) is 0 Å². The summed E-state index contributed by atoms with van der Waals surface area (Å²) in [5.41, 5.74) is 0.951. The van der Waals surface area contributed by atoms with Crippen LogP contribution < -0.4 is 14.8 Å². The summed E-state index contributed by atoms with van der Waals surface area (Å²) in [4.78, 5) is 12.3. The van der Waals surface area contributed by atoms with Crippen LogP contribution in [0.4, 0.5) is 5.69 Å². The summed E-state index contributed by atoms with van der Waals surface area (Å²) in [6, 6.07) is 16.3. The Morgan fingerprint density at radius 2 is 1.96 bits per heavy atom. The molecule has 0 radical (unpaired) electrons. The van der Waals surface area contributed by atoms with Gasteiger partial charge < -0.3 is 14.8 Å². The Balaban J connectivity index is 1.60. The van der Waals surface area contributed by atoms with E-state index in [0.717, 1.165) is 10.2 Å². The molecule has 0 saturated heterocycles. The van der Waals surface area contributed by atoms with Crippen molar-refractivity contribution in [2.75, 3.05) is 12.4 Å². The van der Waals surface area contributed by atoms with E-state index in [4.69, 9.17) is 9.47 Å². The van der Waals surface area contributed by atoms with Gasteiger partial charge in [0.15, 0.2) is 12.4 Å². The van der Waals surface area contributed by atoms with E-state index < -0.39 is 0 Å². The average molecular weight is 402 g/mol. The van der Waals surface area contributed by atoms with Crippen LogP contribution in [0.15, 0.2) is 65.3 Å². The fourth-order valence-corrected chi connectivity index (χ4v) is 2.39. The van der Waals surface area contributed by atoms with Gasteiger partial charge in [0, 0.05) is 22.4 Å². The molecule has 0 saturated carbocycles. The van der Waals surface area contributed by atoms with E-state index in [1.165, 1.54) is 0 Å². The van der Waals surface area contributed by atoms with Gasteiger partial charge in [0.2, 0.25) is 0 Å². The smallest absolute Gasteiger partial charge is 0.276 e. The quantitative estimate of drug-likeness (QED) is 0.679. The Morgan fingerprint density at radius 3 is 2.72 bits per heavy atom. The Hall–Kier alpha value is -2.80. The van der Waals surface area contributed by atoms with Gasteiger partial charge in [0.05, 0.1) is 7.11 Å². The van der Waals surface area contributed by atoms with Gasteiger partial charge in [-0.15, -0.1) is 0 Å². The number of nitrogens with one attached hydrogen (secondary N) is 1. The van der Waals surface area contributed by atoms with Crippen molar-refractivity contribution in [3.8, 4) is 11.5 Å². The molecule has 0 unspecified atom stereocenters. The summed E-state index contributed by atoms with van der Waals surface area (Å²) in [5, 5.41) is 7.01. The Labute approximate surface area is 153 Å². The number of carbonyl (C=O) groups is 1. The zero-order valence-electron chi connectivity index (χ0n) is 13.5. The Bertz CT molecular complexity index is 862. The van der Waals surface area contributed by atoms with Crippen molar-refractivity contribution >= 4 is 27.5 Å². The molecule has 0 bridgehead atoms. The molecule has 1 N–H and O–H groups in total. The first-order chi connectivity index (χ1) is 12.1. The van der Waals surface area contributed by atoms with Crippen LogP contribution in [-0.2, 0) is 6.73 Å². The van der Waals surface area contributed by atoms with Crippen LogP contribution in [0.1, 0.15) is 10.5 Å². The first-order valence-electron chi connectivity index (χ1n) is 7.51. The second-order valence-electron chi connectivity index (χ2n) is 5.15. The lowest BCUT2D eigenvalue weighted by atomic mass is 10.3. The number of aromatic nitrogens is 2. The highest BCUT2D eigenvalue weighted by molar-refractivity contribution is 9.10. The molecular formula is C18H16BrN3O3. The lowest BCUT2D eigenvalue weighted by Crippen LogP contribution is -2.14. The van der Waals surface area contributed by atoms with Gasteiger partial charge in [-0.3, -0.25) is 4.79 Å². The topological polar surface area (TPSA) is 65.4 Å². The lowest BCUT2D eigenvalue weighted by Gasteiger charge is -2.06. The fraction of sp³-hybridized carbons (Fsp3) is 0.111. The molecule has 0 aliphatic heterocycles. The fourth-order valence-electron chi connectivity index (χ4n) is 2.12. The molecule has 0 fully saturated rings. The molecular weight excluding hydrogens is 386 g/mol. The number of carbonyl (C=O) groups excluding carboxylic acids is 1. The van der Waals surface area contributed by atoms with E-state index in [-0.39, 0.29) is 12.6 Å². The molecule has 1 heterocycles. The number of hydrogen-bond donors (Lipinski definition) is 1. The van der Waals surface area contributed by atoms with Crippen molar-refractivity contribution in [1.82, 2.24) is 9.78 Å². The minimum Gasteiger partial charge on any atom is -0.497 e. The van der Waals surface area contributed by atoms with E-state index in [1.807, 2.05) is 30.3 Å². The van der Waals surface area contributed by atoms with Crippen molar-refractivity contribution < 1.29 is 14.3 Å². The van der Waals surface area contributed by atoms with Gasteiger partial charge in [-0.2, -0.15) is 5.10 Å². The van der Waals surface area contributed by atoms with Gasteiger partial charge in [-0.05, 0) is 42.5 Å². The third-order valence-electron chi connectivity index (χ3n) is 3.38. The van der Waals surface area contributed by atoms with Crippen molar-refractivity contribution in [3.63, 3.8) is 0 Å². The van der Waals surface area contributed by atoms with E-state index in [9.17, 15) is 4.79 Å². The van der Waals surface area contributed by atoms with Gasteiger partial charge in [-0.1, -0.05) is 22.0 Å². The minimum absolute atomic E-state index is 0.216. The monoisotopic (exact) mass is 401 g/mol. The molecule has 128 valence electrons. The number of halogens is 1. The van der Waals surface area contributed by atoms with Crippen LogP contribution in [0, 0.1) is 0 Å². The van der Waals surface area contributed by atoms with Crippen LogP contribution in [-0.4, -0.2) is 22.8 Å². The maximum atomic E-state index is 12.3. The molecule has 1 aromatic heterocycles. The van der Waals surface area contributed by atoms with E-state index in [0.29, 0.717) is 17.1 Å². The van der Waals surface area contributed by atoms with Gasteiger partial charge in [0.25, 0.3) is 5.91 Å². The maximum Gasteiger partial charge on any atom is 0.276 e. The Morgan fingerprint density at radius 1 is 1.16 bits per heavy atom. The Kier molecular flexibility index (Phi) is 5.35. The second-order valence-corrected chi connectivity index (χ2v) is 6.07. The third-order valence-corrected chi connectivity index (χ3v) is 3.91. The minimum atomic E-state index is -0.296. The number of methoxy groups -OCH3 is 1. The largest absolute Gasteiger partial charge is 0.497 e. The second kappa shape index (κ2) is 7.85. The summed E-state index contributed by atoms with van der Waals surface area (Å²) in [6.07, 6.45) is 1.69. The van der Waals surface area contributed by atoms with Crippen LogP contribution in [0.5, 0.6) is 11.5 Å². The number of benzene rings is 2. The van der Waals surface area contributed by atoms with Crippen molar-refractivity contribution in [2.45, 2.75) is 6.73 Å². The molecule has 1 amide bonds. The van der Waals surface area contributed by atoms with Crippen LogP contribution in [0.25, 0.3) is 0 Å². The molecule has 0 spiro atoms. The van der Waals surface area contributed by atoms with Crippen LogP contribution in [0.2, 0.25) is 0 Å². The molecule has 6 nitrogen and oxygen atoms in total. The molecule has 7 heteroatoms. The third kappa shape index (κ3) is 4.60. The molecule has 0 atom stereocenters. The first kappa shape index (κ1) is 17.0. The zero-order valence-corrected chi connectivity index (χ0v) is 15.1. The van der Waals surface area contributed by atoms with Crippen molar-refractivity contribution in [1.29, 1.82) is 0 Å². The number of nitrogens with zero attached hydrogens (tertiary/aromatic N) is 2. The molecule has 3 aromatic rings. The average Bonchev–Trinajstić information content (AvgIpc) is 3.10. The van der Waals surface area contributed by atoms with E-state index in [1.54, 1.807) is 42.3 Å². The normalized spacial score (nSPS) is 10.3.